The van der Waals surface area contributed by atoms with Gasteiger partial charge in [-0.1, -0.05) is 30.5 Å². The van der Waals surface area contributed by atoms with E-state index in [1.165, 1.54) is 12.8 Å². The quantitative estimate of drug-likeness (QED) is 0.756. The van der Waals surface area contributed by atoms with Gasteiger partial charge in [0.1, 0.15) is 18.5 Å². The van der Waals surface area contributed by atoms with Crippen LogP contribution >= 0.6 is 11.6 Å². The minimum absolute atomic E-state index is 0.210. The largest absolute Gasteiger partial charge is 0.491 e. The number of rotatable bonds is 7. The zero-order valence-electron chi connectivity index (χ0n) is 10.8. The van der Waals surface area contributed by atoms with Crippen molar-refractivity contribution in [2.24, 2.45) is 0 Å². The second-order valence-corrected chi connectivity index (χ2v) is 5.23. The maximum absolute atomic E-state index is 9.75. The molecule has 0 heterocycles. The monoisotopic (exact) mass is 285 g/mol. The highest BCUT2D eigenvalue weighted by Crippen LogP contribution is 2.20. The summed E-state index contributed by atoms with van der Waals surface area (Å²) in [6.07, 6.45) is 4.34. The predicted molar refractivity (Wildman–Crippen MR) is 74.3 cm³/mol. The third-order valence-corrected chi connectivity index (χ3v) is 3.34. The van der Waals surface area contributed by atoms with Crippen molar-refractivity contribution < 1.29 is 14.7 Å². The lowest BCUT2D eigenvalue weighted by molar-refractivity contribution is -0.0417. The zero-order valence-corrected chi connectivity index (χ0v) is 11.6. The molecular formula is C14H20ClNO3. The van der Waals surface area contributed by atoms with Crippen LogP contribution in [-0.2, 0) is 4.84 Å². The molecule has 1 aliphatic rings. The van der Waals surface area contributed by atoms with Crippen molar-refractivity contribution in [2.45, 2.75) is 37.9 Å². The number of ether oxygens (including phenoxy) is 1. The number of aliphatic hydroxyl groups is 1. The summed E-state index contributed by atoms with van der Waals surface area (Å²) in [6, 6.07) is 7.12. The molecular weight excluding hydrogens is 266 g/mol. The molecule has 1 aromatic carbocycles. The van der Waals surface area contributed by atoms with Gasteiger partial charge in [0.25, 0.3) is 0 Å². The minimum Gasteiger partial charge on any atom is -0.491 e. The fraction of sp³-hybridized carbons (Fsp3) is 0.571. The fourth-order valence-electron chi connectivity index (χ4n) is 2.08. The Bertz CT molecular complexity index is 383. The Morgan fingerprint density at radius 3 is 2.89 bits per heavy atom. The van der Waals surface area contributed by atoms with E-state index in [1.54, 1.807) is 18.2 Å². The van der Waals surface area contributed by atoms with Crippen LogP contribution in [0, 0.1) is 0 Å². The number of hydrogen-bond acceptors (Lipinski definition) is 4. The highest BCUT2D eigenvalue weighted by atomic mass is 35.5. The first-order valence-corrected chi connectivity index (χ1v) is 7.07. The number of hydroxylamine groups is 1. The van der Waals surface area contributed by atoms with Gasteiger partial charge in [0, 0.05) is 5.02 Å². The van der Waals surface area contributed by atoms with Crippen molar-refractivity contribution in [3.05, 3.63) is 29.3 Å². The van der Waals surface area contributed by atoms with Crippen LogP contribution < -0.4 is 10.2 Å². The van der Waals surface area contributed by atoms with Crippen LogP contribution in [0.1, 0.15) is 25.7 Å². The molecule has 1 fully saturated rings. The normalized spacial score (nSPS) is 17.6. The smallest absolute Gasteiger partial charge is 0.120 e. The molecule has 0 radical (unpaired) electrons. The van der Waals surface area contributed by atoms with Crippen molar-refractivity contribution in [3.8, 4) is 5.75 Å². The van der Waals surface area contributed by atoms with Crippen molar-refractivity contribution in [1.29, 1.82) is 0 Å². The van der Waals surface area contributed by atoms with Gasteiger partial charge in [0.2, 0.25) is 0 Å². The standard InChI is InChI=1S/C14H20ClNO3/c15-11-4-3-7-14(8-11)18-10-12(17)9-16-19-13-5-1-2-6-13/h3-4,7-8,12-13,16-17H,1-2,5-6,9-10H2. The van der Waals surface area contributed by atoms with E-state index in [2.05, 4.69) is 5.48 Å². The third-order valence-electron chi connectivity index (χ3n) is 3.11. The van der Waals surface area contributed by atoms with Crippen LogP contribution in [0.15, 0.2) is 24.3 Å². The van der Waals surface area contributed by atoms with Gasteiger partial charge in [0.15, 0.2) is 0 Å². The molecule has 0 saturated heterocycles. The Morgan fingerprint density at radius 2 is 2.16 bits per heavy atom. The maximum atomic E-state index is 9.75. The molecule has 0 spiro atoms. The molecule has 1 aliphatic carbocycles. The van der Waals surface area contributed by atoms with Gasteiger partial charge in [-0.15, -0.1) is 0 Å². The van der Waals surface area contributed by atoms with Gasteiger partial charge in [-0.2, -0.15) is 5.48 Å². The first-order chi connectivity index (χ1) is 9.24. The Morgan fingerprint density at radius 1 is 1.37 bits per heavy atom. The summed E-state index contributed by atoms with van der Waals surface area (Å²) in [5.41, 5.74) is 2.82. The van der Waals surface area contributed by atoms with Gasteiger partial charge < -0.3 is 9.84 Å². The van der Waals surface area contributed by atoms with Gasteiger partial charge in [-0.25, -0.2) is 0 Å². The number of halogens is 1. The van der Waals surface area contributed by atoms with Crippen LogP contribution in [0.25, 0.3) is 0 Å². The molecule has 1 aromatic rings. The molecule has 106 valence electrons. The number of hydrogen-bond donors (Lipinski definition) is 2. The van der Waals surface area contributed by atoms with E-state index in [0.717, 1.165) is 12.8 Å². The Kier molecular flexibility index (Phi) is 5.92. The van der Waals surface area contributed by atoms with E-state index in [0.29, 0.717) is 23.4 Å². The van der Waals surface area contributed by atoms with E-state index < -0.39 is 6.10 Å². The van der Waals surface area contributed by atoms with E-state index in [-0.39, 0.29) is 6.61 Å². The molecule has 19 heavy (non-hydrogen) atoms. The van der Waals surface area contributed by atoms with Gasteiger partial charge >= 0.3 is 0 Å². The molecule has 1 saturated carbocycles. The summed E-state index contributed by atoms with van der Waals surface area (Å²) in [5, 5.41) is 10.4. The second kappa shape index (κ2) is 7.70. The summed E-state index contributed by atoms with van der Waals surface area (Å²) in [6.45, 7) is 0.568. The molecule has 4 nitrogen and oxygen atoms in total. The third kappa shape index (κ3) is 5.37. The molecule has 0 amide bonds. The lowest BCUT2D eigenvalue weighted by Gasteiger charge is -2.15. The SMILES string of the molecule is OC(CNOC1CCCC1)COc1cccc(Cl)c1. The number of benzene rings is 1. The molecule has 1 unspecified atom stereocenters. The average Bonchev–Trinajstić information content (AvgIpc) is 2.90. The molecule has 2 N–H and O–H groups in total. The molecule has 0 bridgehead atoms. The first kappa shape index (κ1) is 14.6. The van der Waals surface area contributed by atoms with Crippen LogP contribution in [0.2, 0.25) is 5.02 Å². The number of aliphatic hydroxyl groups excluding tert-OH is 1. The summed E-state index contributed by atoms with van der Waals surface area (Å²) < 4.78 is 5.44. The molecule has 2 rings (SSSR count). The van der Waals surface area contributed by atoms with Crippen LogP contribution in [0.3, 0.4) is 0 Å². The maximum Gasteiger partial charge on any atom is 0.120 e. The second-order valence-electron chi connectivity index (χ2n) is 4.79. The van der Waals surface area contributed by atoms with Crippen LogP contribution in [0.4, 0.5) is 0 Å². The van der Waals surface area contributed by atoms with Gasteiger partial charge in [0.05, 0.1) is 12.6 Å². The minimum atomic E-state index is -0.611. The van der Waals surface area contributed by atoms with Crippen LogP contribution in [-0.4, -0.2) is 30.5 Å². The average molecular weight is 286 g/mol. The zero-order chi connectivity index (χ0) is 13.5. The van der Waals surface area contributed by atoms with Crippen molar-refractivity contribution in [1.82, 2.24) is 5.48 Å². The van der Waals surface area contributed by atoms with E-state index in [1.807, 2.05) is 6.07 Å². The molecule has 0 aliphatic heterocycles. The first-order valence-electron chi connectivity index (χ1n) is 6.69. The van der Waals surface area contributed by atoms with Crippen molar-refractivity contribution >= 4 is 11.6 Å². The molecule has 0 aromatic heterocycles. The lowest BCUT2D eigenvalue weighted by Crippen LogP contribution is -2.33. The highest BCUT2D eigenvalue weighted by Gasteiger charge is 2.16. The van der Waals surface area contributed by atoms with E-state index in [4.69, 9.17) is 21.2 Å². The van der Waals surface area contributed by atoms with E-state index >= 15 is 0 Å². The highest BCUT2D eigenvalue weighted by molar-refractivity contribution is 6.30. The molecule has 1 atom stereocenters. The number of nitrogens with one attached hydrogen (secondary N) is 1. The topological polar surface area (TPSA) is 50.7 Å². The summed E-state index contributed by atoms with van der Waals surface area (Å²) in [4.78, 5) is 5.46. The van der Waals surface area contributed by atoms with Gasteiger partial charge in [-0.05, 0) is 31.0 Å². The Hall–Kier alpha value is -0.810. The lowest BCUT2D eigenvalue weighted by atomic mass is 10.3. The molecule has 5 heteroatoms. The van der Waals surface area contributed by atoms with Crippen molar-refractivity contribution in [3.63, 3.8) is 0 Å². The Balaban J connectivity index is 1.60. The Labute approximate surface area is 118 Å². The summed E-state index contributed by atoms with van der Waals surface area (Å²) >= 11 is 5.84. The van der Waals surface area contributed by atoms with E-state index in [9.17, 15) is 5.11 Å². The van der Waals surface area contributed by atoms with Crippen LogP contribution in [0.5, 0.6) is 5.75 Å². The summed E-state index contributed by atoms with van der Waals surface area (Å²) in [7, 11) is 0. The van der Waals surface area contributed by atoms with Gasteiger partial charge in [-0.3, -0.25) is 4.84 Å². The predicted octanol–water partition coefficient (Wildman–Crippen LogP) is 2.54. The van der Waals surface area contributed by atoms with Crippen molar-refractivity contribution in [2.75, 3.05) is 13.2 Å². The fourth-order valence-corrected chi connectivity index (χ4v) is 2.26. The summed E-state index contributed by atoms with van der Waals surface area (Å²) in [5.74, 6) is 0.656.